The normalized spacial score (nSPS) is 12.6. The summed E-state index contributed by atoms with van der Waals surface area (Å²) < 4.78 is 12.9. The SMILES string of the molecule is CC(NC(=O)O)c1nc2ccc(F)cc2[nH]1. The fourth-order valence-electron chi connectivity index (χ4n) is 1.46. The van der Waals surface area contributed by atoms with Gasteiger partial charge in [0.1, 0.15) is 11.6 Å². The highest BCUT2D eigenvalue weighted by molar-refractivity contribution is 5.75. The minimum absolute atomic E-state index is 0.360. The minimum atomic E-state index is -1.13. The van der Waals surface area contributed by atoms with Crippen LogP contribution in [0.3, 0.4) is 0 Å². The summed E-state index contributed by atoms with van der Waals surface area (Å²) in [5.74, 6) is 0.101. The Hall–Kier alpha value is -2.11. The second-order valence-electron chi connectivity index (χ2n) is 3.45. The first-order chi connectivity index (χ1) is 7.56. The summed E-state index contributed by atoms with van der Waals surface area (Å²) in [6.45, 7) is 1.65. The number of imidazole rings is 1. The predicted octanol–water partition coefficient (Wildman–Crippen LogP) is 2.03. The van der Waals surface area contributed by atoms with Crippen LogP contribution in [-0.4, -0.2) is 21.2 Å². The number of carbonyl (C=O) groups is 1. The summed E-state index contributed by atoms with van der Waals surface area (Å²) in [6.07, 6.45) is -1.13. The molecule has 0 aliphatic carbocycles. The zero-order valence-electron chi connectivity index (χ0n) is 8.49. The third-order valence-electron chi connectivity index (χ3n) is 2.21. The Labute approximate surface area is 90.3 Å². The molecule has 1 heterocycles. The zero-order valence-corrected chi connectivity index (χ0v) is 8.49. The Bertz CT molecular complexity index is 538. The van der Waals surface area contributed by atoms with Crippen molar-refractivity contribution in [3.05, 3.63) is 29.8 Å². The summed E-state index contributed by atoms with van der Waals surface area (Å²) in [5.41, 5.74) is 1.16. The van der Waals surface area contributed by atoms with Gasteiger partial charge in [-0.2, -0.15) is 0 Å². The number of rotatable bonds is 2. The lowest BCUT2D eigenvalue weighted by atomic mass is 10.3. The highest BCUT2D eigenvalue weighted by Gasteiger charge is 2.12. The third kappa shape index (κ3) is 1.95. The number of hydrogen-bond donors (Lipinski definition) is 3. The molecule has 1 unspecified atom stereocenters. The molecule has 0 radical (unpaired) electrons. The maximum absolute atomic E-state index is 12.9. The van der Waals surface area contributed by atoms with Gasteiger partial charge in [0.2, 0.25) is 0 Å². The molecule has 1 aromatic heterocycles. The van der Waals surface area contributed by atoms with E-state index in [2.05, 4.69) is 15.3 Å². The van der Waals surface area contributed by atoms with Gasteiger partial charge in [-0.05, 0) is 25.1 Å². The number of amides is 1. The van der Waals surface area contributed by atoms with Gasteiger partial charge in [0.15, 0.2) is 0 Å². The lowest BCUT2D eigenvalue weighted by molar-refractivity contribution is 0.190. The van der Waals surface area contributed by atoms with Crippen LogP contribution in [-0.2, 0) is 0 Å². The van der Waals surface area contributed by atoms with Crippen molar-refractivity contribution in [1.29, 1.82) is 0 Å². The van der Waals surface area contributed by atoms with Crippen molar-refractivity contribution >= 4 is 17.1 Å². The zero-order chi connectivity index (χ0) is 11.7. The van der Waals surface area contributed by atoms with Gasteiger partial charge in [0.25, 0.3) is 0 Å². The van der Waals surface area contributed by atoms with E-state index >= 15 is 0 Å². The monoisotopic (exact) mass is 223 g/mol. The lowest BCUT2D eigenvalue weighted by Crippen LogP contribution is -2.25. The van der Waals surface area contributed by atoms with E-state index in [1.54, 1.807) is 6.92 Å². The van der Waals surface area contributed by atoms with E-state index in [0.29, 0.717) is 16.9 Å². The first-order valence-electron chi connectivity index (χ1n) is 4.71. The van der Waals surface area contributed by atoms with Crippen molar-refractivity contribution in [2.45, 2.75) is 13.0 Å². The lowest BCUT2D eigenvalue weighted by Gasteiger charge is -2.06. The molecule has 0 aliphatic heterocycles. The van der Waals surface area contributed by atoms with E-state index in [0.717, 1.165) is 0 Å². The van der Waals surface area contributed by atoms with Gasteiger partial charge in [0, 0.05) is 0 Å². The molecule has 0 aliphatic rings. The van der Waals surface area contributed by atoms with Crippen LogP contribution in [0.15, 0.2) is 18.2 Å². The average Bonchev–Trinajstić information content (AvgIpc) is 2.59. The molecule has 0 bridgehead atoms. The van der Waals surface area contributed by atoms with E-state index in [-0.39, 0.29) is 5.82 Å². The minimum Gasteiger partial charge on any atom is -0.465 e. The Morgan fingerprint density at radius 3 is 3.06 bits per heavy atom. The topological polar surface area (TPSA) is 78.0 Å². The number of nitrogens with zero attached hydrogens (tertiary/aromatic N) is 1. The molecule has 1 aromatic carbocycles. The van der Waals surface area contributed by atoms with Crippen LogP contribution in [0.1, 0.15) is 18.8 Å². The summed E-state index contributed by atoms with van der Waals surface area (Å²) in [5, 5.41) is 10.8. The summed E-state index contributed by atoms with van der Waals surface area (Å²) in [6, 6.07) is 3.70. The molecule has 2 aromatic rings. The molecule has 2 rings (SSSR count). The number of nitrogens with one attached hydrogen (secondary N) is 2. The third-order valence-corrected chi connectivity index (χ3v) is 2.21. The first kappa shape index (κ1) is 10.4. The smallest absolute Gasteiger partial charge is 0.405 e. The largest absolute Gasteiger partial charge is 0.465 e. The number of fused-ring (bicyclic) bond motifs is 1. The number of halogens is 1. The van der Waals surface area contributed by atoms with Crippen molar-refractivity contribution in [1.82, 2.24) is 15.3 Å². The molecule has 1 atom stereocenters. The van der Waals surface area contributed by atoms with Crippen LogP contribution in [0.5, 0.6) is 0 Å². The summed E-state index contributed by atoms with van der Waals surface area (Å²) >= 11 is 0. The van der Waals surface area contributed by atoms with Crippen molar-refractivity contribution in [2.24, 2.45) is 0 Å². The molecular formula is C10H10FN3O2. The van der Waals surface area contributed by atoms with E-state index in [4.69, 9.17) is 5.11 Å². The molecule has 0 fully saturated rings. The number of H-pyrrole nitrogens is 1. The molecule has 3 N–H and O–H groups in total. The van der Waals surface area contributed by atoms with E-state index in [1.165, 1.54) is 18.2 Å². The maximum Gasteiger partial charge on any atom is 0.405 e. The van der Waals surface area contributed by atoms with Gasteiger partial charge in [-0.3, -0.25) is 0 Å². The Morgan fingerprint density at radius 2 is 2.38 bits per heavy atom. The van der Waals surface area contributed by atoms with Crippen LogP contribution >= 0.6 is 0 Å². The molecule has 0 saturated carbocycles. The van der Waals surface area contributed by atoms with Gasteiger partial charge in [-0.25, -0.2) is 14.2 Å². The highest BCUT2D eigenvalue weighted by Crippen LogP contribution is 2.16. The fraction of sp³-hybridized carbons (Fsp3) is 0.200. The average molecular weight is 223 g/mol. The molecule has 0 saturated heterocycles. The van der Waals surface area contributed by atoms with Crippen LogP contribution < -0.4 is 5.32 Å². The van der Waals surface area contributed by atoms with Crippen LogP contribution in [0.4, 0.5) is 9.18 Å². The molecular weight excluding hydrogens is 213 g/mol. The first-order valence-corrected chi connectivity index (χ1v) is 4.71. The number of carboxylic acid groups (broad SMARTS) is 1. The summed E-state index contributed by atoms with van der Waals surface area (Å²) in [7, 11) is 0. The molecule has 0 spiro atoms. The predicted molar refractivity (Wildman–Crippen MR) is 55.6 cm³/mol. The van der Waals surface area contributed by atoms with E-state index in [1.807, 2.05) is 0 Å². The highest BCUT2D eigenvalue weighted by atomic mass is 19.1. The molecule has 6 heteroatoms. The van der Waals surface area contributed by atoms with E-state index in [9.17, 15) is 9.18 Å². The van der Waals surface area contributed by atoms with Gasteiger partial charge in [-0.15, -0.1) is 0 Å². The van der Waals surface area contributed by atoms with Crippen molar-refractivity contribution in [2.75, 3.05) is 0 Å². The number of aromatic nitrogens is 2. The standard InChI is InChI=1S/C10H10FN3O2/c1-5(12-10(15)16)9-13-7-3-2-6(11)4-8(7)14-9/h2-5,12H,1H3,(H,13,14)(H,15,16). The van der Waals surface area contributed by atoms with Gasteiger partial charge in [-0.1, -0.05) is 0 Å². The second-order valence-corrected chi connectivity index (χ2v) is 3.45. The van der Waals surface area contributed by atoms with Gasteiger partial charge in [0.05, 0.1) is 17.1 Å². The Kier molecular flexibility index (Phi) is 2.47. The van der Waals surface area contributed by atoms with E-state index < -0.39 is 12.1 Å². The van der Waals surface area contributed by atoms with Crippen molar-refractivity contribution in [3.63, 3.8) is 0 Å². The Balaban J connectivity index is 2.35. The van der Waals surface area contributed by atoms with Crippen molar-refractivity contribution < 1.29 is 14.3 Å². The van der Waals surface area contributed by atoms with Crippen LogP contribution in [0.2, 0.25) is 0 Å². The quantitative estimate of drug-likeness (QED) is 0.728. The molecule has 1 amide bonds. The number of aromatic amines is 1. The second kappa shape index (κ2) is 3.80. The van der Waals surface area contributed by atoms with Gasteiger partial charge >= 0.3 is 6.09 Å². The van der Waals surface area contributed by atoms with Crippen LogP contribution in [0.25, 0.3) is 11.0 Å². The van der Waals surface area contributed by atoms with Crippen molar-refractivity contribution in [3.8, 4) is 0 Å². The van der Waals surface area contributed by atoms with Crippen LogP contribution in [0, 0.1) is 5.82 Å². The van der Waals surface area contributed by atoms with Gasteiger partial charge < -0.3 is 15.4 Å². The number of benzene rings is 1. The number of hydrogen-bond acceptors (Lipinski definition) is 2. The summed E-state index contributed by atoms with van der Waals surface area (Å²) in [4.78, 5) is 17.5. The molecule has 16 heavy (non-hydrogen) atoms. The molecule has 5 nitrogen and oxygen atoms in total. The molecule has 84 valence electrons. The Morgan fingerprint density at radius 1 is 1.62 bits per heavy atom. The maximum atomic E-state index is 12.9. The fourth-order valence-corrected chi connectivity index (χ4v) is 1.46.